The van der Waals surface area contributed by atoms with E-state index in [2.05, 4.69) is 20.1 Å². The van der Waals surface area contributed by atoms with Gasteiger partial charge in [0.05, 0.1) is 6.42 Å². The third-order valence-electron chi connectivity index (χ3n) is 8.51. The molecule has 42 heavy (non-hydrogen) atoms. The number of carboxylic acids is 1. The van der Waals surface area contributed by atoms with E-state index in [0.717, 1.165) is 53.9 Å². The number of fused-ring (bicyclic) bond motifs is 4. The zero-order chi connectivity index (χ0) is 29.8. The number of aliphatic carboxylic acids is 1. The second kappa shape index (κ2) is 10.9. The van der Waals surface area contributed by atoms with Crippen molar-refractivity contribution in [1.82, 2.24) is 23.9 Å². The summed E-state index contributed by atoms with van der Waals surface area (Å²) in [5, 5.41) is 18.7. The number of pyridine rings is 2. The lowest BCUT2D eigenvalue weighted by Gasteiger charge is -2.36. The van der Waals surface area contributed by atoms with Crippen LogP contribution in [0.1, 0.15) is 65.2 Å². The van der Waals surface area contributed by atoms with E-state index in [1.165, 1.54) is 4.31 Å². The fourth-order valence-electron chi connectivity index (χ4n) is 6.33. The number of sulfonamides is 1. The van der Waals surface area contributed by atoms with Crippen LogP contribution in [0.5, 0.6) is 0 Å². The van der Waals surface area contributed by atoms with Gasteiger partial charge in [-0.3, -0.25) is 9.20 Å². The first-order valence-electron chi connectivity index (χ1n) is 14.1. The van der Waals surface area contributed by atoms with Crippen molar-refractivity contribution in [2.24, 2.45) is 0 Å². The molecule has 5 heterocycles. The standard InChI is InChI=1S/C30H33ClN6O4S/c1-18-12-27-30(32-15-18)37-10-5-4-6-23(37)17-35(42(27,40)41)16-22-13-21(7-8-26(22)31)25(14-28(38)39)24-9-11-36-20(3)33-34-29(36)19(24)2/h7-9,11-13,15,23,25H,4-6,10,14,16-17H2,1-3H3,(H,38,39)/t23?,25-/m1/s1. The Labute approximate surface area is 250 Å². The fourth-order valence-corrected chi connectivity index (χ4v) is 8.19. The lowest BCUT2D eigenvalue weighted by molar-refractivity contribution is -0.137. The van der Waals surface area contributed by atoms with E-state index in [1.807, 2.05) is 49.6 Å². The molecule has 1 aromatic carbocycles. The van der Waals surface area contributed by atoms with Gasteiger partial charge in [0.15, 0.2) is 5.65 Å². The number of aromatic nitrogens is 4. The Bertz CT molecular complexity index is 1810. The first kappa shape index (κ1) is 28.6. The van der Waals surface area contributed by atoms with Crippen LogP contribution in [-0.2, 0) is 21.4 Å². The molecule has 0 bridgehead atoms. The molecular formula is C30H33ClN6O4S. The Kier molecular flexibility index (Phi) is 7.44. The van der Waals surface area contributed by atoms with E-state index in [1.54, 1.807) is 18.3 Å². The van der Waals surface area contributed by atoms with Gasteiger partial charge in [0.2, 0.25) is 10.0 Å². The maximum Gasteiger partial charge on any atom is 0.304 e. The molecule has 1 N–H and O–H groups in total. The van der Waals surface area contributed by atoms with Crippen molar-refractivity contribution in [2.75, 3.05) is 18.0 Å². The van der Waals surface area contributed by atoms with Crippen molar-refractivity contribution in [3.63, 3.8) is 0 Å². The lowest BCUT2D eigenvalue weighted by Crippen LogP contribution is -2.45. The molecule has 0 saturated carbocycles. The smallest absolute Gasteiger partial charge is 0.304 e. The normalized spacial score (nSPS) is 19.2. The zero-order valence-corrected chi connectivity index (χ0v) is 25.4. The number of hydrogen-bond donors (Lipinski definition) is 1. The third kappa shape index (κ3) is 5.03. The lowest BCUT2D eigenvalue weighted by atomic mass is 9.86. The first-order chi connectivity index (χ1) is 20.0. The summed E-state index contributed by atoms with van der Waals surface area (Å²) in [6, 6.07) is 9.02. The highest BCUT2D eigenvalue weighted by atomic mass is 35.5. The second-order valence-electron chi connectivity index (χ2n) is 11.3. The van der Waals surface area contributed by atoms with Gasteiger partial charge in [-0.05, 0) is 86.1 Å². The van der Waals surface area contributed by atoms with Crippen LogP contribution in [0.15, 0.2) is 47.6 Å². The summed E-state index contributed by atoms with van der Waals surface area (Å²) in [4.78, 5) is 19.0. The first-order valence-corrected chi connectivity index (χ1v) is 15.9. The highest BCUT2D eigenvalue weighted by Gasteiger charge is 2.39. The van der Waals surface area contributed by atoms with E-state index in [-0.39, 0.29) is 23.9 Å². The van der Waals surface area contributed by atoms with Crippen molar-refractivity contribution in [3.05, 3.63) is 81.4 Å². The van der Waals surface area contributed by atoms with Gasteiger partial charge in [-0.25, -0.2) is 13.4 Å². The molecule has 6 rings (SSSR count). The van der Waals surface area contributed by atoms with E-state index in [4.69, 9.17) is 11.6 Å². The van der Waals surface area contributed by atoms with Gasteiger partial charge in [-0.15, -0.1) is 10.2 Å². The van der Waals surface area contributed by atoms with E-state index >= 15 is 0 Å². The van der Waals surface area contributed by atoms with Gasteiger partial charge >= 0.3 is 5.97 Å². The zero-order valence-electron chi connectivity index (χ0n) is 23.8. The second-order valence-corrected chi connectivity index (χ2v) is 13.6. The van der Waals surface area contributed by atoms with Crippen LogP contribution in [0, 0.1) is 20.8 Å². The quantitative estimate of drug-likeness (QED) is 0.329. The minimum Gasteiger partial charge on any atom is -0.481 e. The molecule has 0 aliphatic carbocycles. The number of anilines is 1. The molecule has 220 valence electrons. The van der Waals surface area contributed by atoms with Crippen molar-refractivity contribution >= 4 is 39.1 Å². The summed E-state index contributed by atoms with van der Waals surface area (Å²) in [5.74, 6) is -0.183. The fraction of sp³-hybridized carbons (Fsp3) is 0.400. The summed E-state index contributed by atoms with van der Waals surface area (Å²) in [6.45, 7) is 6.76. The monoisotopic (exact) mass is 608 g/mol. The third-order valence-corrected chi connectivity index (χ3v) is 10.7. The van der Waals surface area contributed by atoms with Gasteiger partial charge in [-0.2, -0.15) is 4.31 Å². The maximum atomic E-state index is 14.1. The van der Waals surface area contributed by atoms with E-state index in [9.17, 15) is 18.3 Å². The molecule has 12 heteroatoms. The van der Waals surface area contributed by atoms with Crippen molar-refractivity contribution < 1.29 is 18.3 Å². The van der Waals surface area contributed by atoms with Crippen LogP contribution in [0.2, 0.25) is 5.02 Å². The molecule has 2 aliphatic rings. The van der Waals surface area contributed by atoms with Gasteiger partial charge in [0.1, 0.15) is 16.5 Å². The Morgan fingerprint density at radius 2 is 1.95 bits per heavy atom. The Hall–Kier alpha value is -3.54. The Morgan fingerprint density at radius 1 is 1.14 bits per heavy atom. The predicted molar refractivity (Wildman–Crippen MR) is 160 cm³/mol. The van der Waals surface area contributed by atoms with Gasteiger partial charge in [0.25, 0.3) is 0 Å². The largest absolute Gasteiger partial charge is 0.481 e. The minimum absolute atomic E-state index is 0.00712. The highest BCUT2D eigenvalue weighted by molar-refractivity contribution is 7.89. The summed E-state index contributed by atoms with van der Waals surface area (Å²) in [7, 11) is -3.89. The number of carboxylic acid groups (broad SMARTS) is 1. The summed E-state index contributed by atoms with van der Waals surface area (Å²) >= 11 is 6.70. The van der Waals surface area contributed by atoms with E-state index < -0.39 is 21.9 Å². The highest BCUT2D eigenvalue weighted by Crippen LogP contribution is 2.38. The van der Waals surface area contributed by atoms with E-state index in [0.29, 0.717) is 28.6 Å². The number of rotatable bonds is 6. The summed E-state index contributed by atoms with van der Waals surface area (Å²) < 4.78 is 31.6. The van der Waals surface area contributed by atoms with Crippen LogP contribution in [-0.4, -0.2) is 62.5 Å². The maximum absolute atomic E-state index is 14.1. The van der Waals surface area contributed by atoms with Crippen molar-refractivity contribution in [3.8, 4) is 0 Å². The SMILES string of the molecule is Cc1cnc2c(c1)S(=O)(=O)N(Cc1cc([C@@H](CC(=O)O)c3ccn4c(C)nnc4c3C)ccc1Cl)CC1CCCCN21. The molecule has 1 unspecified atom stereocenters. The molecule has 0 amide bonds. The molecule has 2 aliphatic heterocycles. The van der Waals surface area contributed by atoms with Gasteiger partial charge in [0, 0.05) is 49.0 Å². The van der Waals surface area contributed by atoms with Crippen molar-refractivity contribution in [2.45, 2.75) is 69.9 Å². The average molecular weight is 609 g/mol. The van der Waals surface area contributed by atoms with Crippen LogP contribution in [0.4, 0.5) is 5.82 Å². The number of piperidine rings is 1. The summed E-state index contributed by atoms with van der Waals surface area (Å²) in [6.07, 6.45) is 6.31. The minimum atomic E-state index is -3.89. The summed E-state index contributed by atoms with van der Waals surface area (Å²) in [5.41, 5.74) is 4.47. The number of nitrogens with zero attached hydrogens (tertiary/aromatic N) is 6. The predicted octanol–water partition coefficient (Wildman–Crippen LogP) is 4.87. The van der Waals surface area contributed by atoms with Crippen molar-refractivity contribution in [1.29, 1.82) is 0 Å². The van der Waals surface area contributed by atoms with Gasteiger partial charge < -0.3 is 10.0 Å². The topological polar surface area (TPSA) is 121 Å². The Balaban J connectivity index is 1.41. The number of carbonyl (C=O) groups is 1. The number of halogens is 1. The number of benzene rings is 1. The number of aryl methyl sites for hydroxylation is 3. The van der Waals surface area contributed by atoms with Crippen LogP contribution in [0.25, 0.3) is 5.65 Å². The molecule has 2 atom stereocenters. The van der Waals surface area contributed by atoms with Crippen LogP contribution in [0.3, 0.4) is 0 Å². The Morgan fingerprint density at radius 3 is 2.74 bits per heavy atom. The number of hydrogen-bond acceptors (Lipinski definition) is 7. The average Bonchev–Trinajstić information content (AvgIpc) is 3.30. The van der Waals surface area contributed by atoms with Crippen LogP contribution >= 0.6 is 11.6 Å². The molecule has 0 spiro atoms. The molecular weight excluding hydrogens is 576 g/mol. The molecule has 10 nitrogen and oxygen atoms in total. The molecule has 3 aromatic heterocycles. The van der Waals surface area contributed by atoms with Gasteiger partial charge in [-0.1, -0.05) is 23.7 Å². The molecule has 0 radical (unpaired) electrons. The van der Waals surface area contributed by atoms with Crippen LogP contribution < -0.4 is 4.90 Å². The molecule has 1 saturated heterocycles. The molecule has 4 aromatic rings. The molecule has 1 fully saturated rings.